The molecule has 0 N–H and O–H groups in total. The van der Waals surface area contributed by atoms with Crippen LogP contribution < -0.4 is 0 Å². The predicted molar refractivity (Wildman–Crippen MR) is 71.9 cm³/mol. The van der Waals surface area contributed by atoms with Crippen molar-refractivity contribution in [3.63, 3.8) is 0 Å². The summed E-state index contributed by atoms with van der Waals surface area (Å²) in [5.74, 6) is -1.18. The largest absolute Gasteiger partial charge is 0.461 e. The van der Waals surface area contributed by atoms with Crippen LogP contribution in [0.3, 0.4) is 0 Å². The minimum atomic E-state index is -0.604. The van der Waals surface area contributed by atoms with Gasteiger partial charge in [0, 0.05) is 20.3 Å². The molecule has 0 aliphatic carbocycles. The first kappa shape index (κ1) is 17.1. The lowest BCUT2D eigenvalue weighted by molar-refractivity contribution is -0.112. The van der Waals surface area contributed by atoms with E-state index in [0.717, 1.165) is 0 Å². The van der Waals surface area contributed by atoms with E-state index in [1.165, 1.54) is 25.0 Å². The van der Waals surface area contributed by atoms with Crippen LogP contribution in [0.25, 0.3) is 0 Å². The molecule has 0 unspecified atom stereocenters. The lowest BCUT2D eigenvalue weighted by atomic mass is 10.3. The Morgan fingerprint density at radius 3 is 2.24 bits per heavy atom. The number of hydrogen-bond acceptors (Lipinski definition) is 7. The van der Waals surface area contributed by atoms with Gasteiger partial charge in [-0.3, -0.25) is 4.68 Å². The Kier molecular flexibility index (Phi) is 6.83. The number of carbonyl (C=O) groups is 2. The summed E-state index contributed by atoms with van der Waals surface area (Å²) in [7, 11) is 2.93. The van der Waals surface area contributed by atoms with Gasteiger partial charge in [-0.2, -0.15) is 5.10 Å². The zero-order valence-corrected chi connectivity index (χ0v) is 12.6. The quantitative estimate of drug-likeness (QED) is 0.519. The van der Waals surface area contributed by atoms with Crippen molar-refractivity contribution in [2.75, 3.05) is 27.4 Å². The number of carbonyl (C=O) groups excluding carboxylic acids is 2. The number of rotatable bonds is 8. The SMILES string of the molecule is CCOC(=O)c1cc(C(=O)OCC)n(CC(OC)OC)n1. The third kappa shape index (κ3) is 4.54. The van der Waals surface area contributed by atoms with Crippen molar-refractivity contribution < 1.29 is 28.5 Å². The summed E-state index contributed by atoms with van der Waals surface area (Å²) in [4.78, 5) is 23.6. The molecule has 1 aromatic rings. The summed E-state index contributed by atoms with van der Waals surface area (Å²) in [5.41, 5.74) is 0.171. The summed E-state index contributed by atoms with van der Waals surface area (Å²) < 4.78 is 21.2. The molecule has 0 radical (unpaired) electrons. The molecule has 0 saturated carbocycles. The first-order valence-electron chi connectivity index (χ1n) is 6.55. The van der Waals surface area contributed by atoms with Gasteiger partial charge in [-0.05, 0) is 13.8 Å². The van der Waals surface area contributed by atoms with Gasteiger partial charge in [0.15, 0.2) is 12.0 Å². The third-order valence-corrected chi connectivity index (χ3v) is 2.60. The monoisotopic (exact) mass is 300 g/mol. The molecule has 1 rings (SSSR count). The van der Waals surface area contributed by atoms with E-state index in [4.69, 9.17) is 18.9 Å². The molecule has 8 nitrogen and oxygen atoms in total. The van der Waals surface area contributed by atoms with Crippen molar-refractivity contribution in [1.82, 2.24) is 9.78 Å². The highest BCUT2D eigenvalue weighted by Crippen LogP contribution is 2.10. The Balaban J connectivity index is 3.06. The zero-order chi connectivity index (χ0) is 15.8. The van der Waals surface area contributed by atoms with Gasteiger partial charge in [0.2, 0.25) is 0 Å². The smallest absolute Gasteiger partial charge is 0.358 e. The van der Waals surface area contributed by atoms with E-state index in [9.17, 15) is 9.59 Å². The lowest BCUT2D eigenvalue weighted by Crippen LogP contribution is -2.24. The number of aromatic nitrogens is 2. The van der Waals surface area contributed by atoms with Crippen molar-refractivity contribution in [3.8, 4) is 0 Å². The number of methoxy groups -OCH3 is 2. The molecule has 0 spiro atoms. The van der Waals surface area contributed by atoms with Crippen molar-refractivity contribution in [3.05, 3.63) is 17.5 Å². The fourth-order valence-electron chi connectivity index (χ4n) is 1.62. The second kappa shape index (κ2) is 8.38. The summed E-state index contributed by atoms with van der Waals surface area (Å²) in [6.45, 7) is 3.96. The second-order valence-electron chi connectivity index (χ2n) is 3.94. The van der Waals surface area contributed by atoms with Gasteiger partial charge in [-0.1, -0.05) is 0 Å². The first-order valence-corrected chi connectivity index (χ1v) is 6.55. The molecule has 118 valence electrons. The minimum Gasteiger partial charge on any atom is -0.461 e. The summed E-state index contributed by atoms with van der Waals surface area (Å²) >= 11 is 0. The molecule has 0 atom stereocenters. The molecule has 0 aromatic carbocycles. The van der Waals surface area contributed by atoms with Crippen molar-refractivity contribution >= 4 is 11.9 Å². The van der Waals surface area contributed by atoms with Gasteiger partial charge >= 0.3 is 11.9 Å². The first-order chi connectivity index (χ1) is 10.1. The molecule has 0 saturated heterocycles. The fraction of sp³-hybridized carbons (Fsp3) is 0.615. The molecular formula is C13H20N2O6. The normalized spacial score (nSPS) is 10.7. The second-order valence-corrected chi connectivity index (χ2v) is 3.94. The lowest BCUT2D eigenvalue weighted by Gasteiger charge is -2.14. The number of ether oxygens (including phenoxy) is 4. The van der Waals surface area contributed by atoms with Crippen LogP contribution in [0.2, 0.25) is 0 Å². The van der Waals surface area contributed by atoms with Crippen LogP contribution in [-0.2, 0) is 25.5 Å². The van der Waals surface area contributed by atoms with Crippen molar-refractivity contribution in [1.29, 1.82) is 0 Å². The van der Waals surface area contributed by atoms with Crippen molar-refractivity contribution in [2.24, 2.45) is 0 Å². The van der Waals surface area contributed by atoms with Crippen LogP contribution in [-0.4, -0.2) is 55.4 Å². The van der Waals surface area contributed by atoms with Crippen LogP contribution in [0.1, 0.15) is 34.8 Å². The van der Waals surface area contributed by atoms with Crippen LogP contribution in [0.5, 0.6) is 0 Å². The molecule has 0 aliphatic heterocycles. The molecule has 1 aromatic heterocycles. The van der Waals surface area contributed by atoms with Crippen LogP contribution in [0.4, 0.5) is 0 Å². The van der Waals surface area contributed by atoms with Crippen LogP contribution >= 0.6 is 0 Å². The van der Waals surface area contributed by atoms with E-state index in [1.54, 1.807) is 13.8 Å². The molecule has 0 bridgehead atoms. The number of nitrogens with zero attached hydrogens (tertiary/aromatic N) is 2. The fourth-order valence-corrected chi connectivity index (χ4v) is 1.62. The highest BCUT2D eigenvalue weighted by molar-refractivity contribution is 5.93. The predicted octanol–water partition coefficient (Wildman–Crippen LogP) is 0.855. The van der Waals surface area contributed by atoms with Crippen molar-refractivity contribution in [2.45, 2.75) is 26.7 Å². The average molecular weight is 300 g/mol. The maximum Gasteiger partial charge on any atom is 0.358 e. The zero-order valence-electron chi connectivity index (χ0n) is 12.6. The molecule has 0 amide bonds. The highest BCUT2D eigenvalue weighted by atomic mass is 16.7. The number of hydrogen-bond donors (Lipinski definition) is 0. The third-order valence-electron chi connectivity index (χ3n) is 2.60. The molecule has 8 heteroatoms. The van der Waals surface area contributed by atoms with E-state index in [2.05, 4.69) is 5.10 Å². The molecule has 21 heavy (non-hydrogen) atoms. The highest BCUT2D eigenvalue weighted by Gasteiger charge is 2.22. The Hall–Kier alpha value is -1.93. The van der Waals surface area contributed by atoms with Crippen LogP contribution in [0.15, 0.2) is 6.07 Å². The Labute approximate surface area is 122 Å². The maximum atomic E-state index is 11.9. The van der Waals surface area contributed by atoms with E-state index in [-0.39, 0.29) is 31.1 Å². The van der Waals surface area contributed by atoms with Crippen LogP contribution in [0, 0.1) is 0 Å². The molecule has 0 aliphatic rings. The topological polar surface area (TPSA) is 88.9 Å². The molecular weight excluding hydrogens is 280 g/mol. The minimum absolute atomic E-state index is 0.0332. The van der Waals surface area contributed by atoms with E-state index in [1.807, 2.05) is 0 Å². The summed E-state index contributed by atoms with van der Waals surface area (Å²) in [5, 5.41) is 4.05. The molecule has 0 fully saturated rings. The standard InChI is InChI=1S/C13H20N2O6/c1-5-20-12(16)9-7-10(13(17)21-6-2)15(14-9)8-11(18-3)19-4/h7,11H,5-6,8H2,1-4H3. The van der Waals surface area contributed by atoms with Gasteiger partial charge in [0.25, 0.3) is 0 Å². The van der Waals surface area contributed by atoms with Gasteiger partial charge in [-0.15, -0.1) is 0 Å². The Morgan fingerprint density at radius 2 is 1.71 bits per heavy atom. The Bertz CT molecular complexity index is 481. The Morgan fingerprint density at radius 1 is 1.14 bits per heavy atom. The number of esters is 2. The average Bonchev–Trinajstić information content (AvgIpc) is 2.89. The van der Waals surface area contributed by atoms with Gasteiger partial charge < -0.3 is 18.9 Å². The maximum absolute atomic E-state index is 11.9. The van der Waals surface area contributed by atoms with Gasteiger partial charge in [0.05, 0.1) is 19.8 Å². The van der Waals surface area contributed by atoms with E-state index >= 15 is 0 Å². The molecule has 1 heterocycles. The summed E-state index contributed by atoms with van der Waals surface area (Å²) in [6.07, 6.45) is -0.604. The van der Waals surface area contributed by atoms with Gasteiger partial charge in [-0.25, -0.2) is 9.59 Å². The summed E-state index contributed by atoms with van der Waals surface area (Å²) in [6, 6.07) is 1.33. The van der Waals surface area contributed by atoms with Gasteiger partial charge in [0.1, 0.15) is 5.69 Å². The van der Waals surface area contributed by atoms with E-state index in [0.29, 0.717) is 0 Å². The van der Waals surface area contributed by atoms with E-state index < -0.39 is 18.2 Å².